The highest BCUT2D eigenvalue weighted by atomic mass is 32.2. The normalized spacial score (nSPS) is 32.7. The van der Waals surface area contributed by atoms with E-state index in [1.54, 1.807) is 0 Å². The topological polar surface area (TPSA) is 20.2 Å². The third kappa shape index (κ3) is 2.18. The first-order valence-electron chi connectivity index (χ1n) is 3.64. The van der Waals surface area contributed by atoms with Gasteiger partial charge in [-0.2, -0.15) is 11.8 Å². The summed E-state index contributed by atoms with van der Waals surface area (Å²) in [4.78, 5) is 0. The second-order valence-electron chi connectivity index (χ2n) is 2.54. The molecule has 1 aliphatic rings. The van der Waals surface area contributed by atoms with E-state index in [-0.39, 0.29) is 0 Å². The van der Waals surface area contributed by atoms with Gasteiger partial charge >= 0.3 is 0 Å². The van der Waals surface area contributed by atoms with E-state index in [1.165, 1.54) is 19.3 Å². The Morgan fingerprint density at radius 1 is 1.44 bits per heavy atom. The third-order valence-corrected chi connectivity index (χ3v) is 3.14. The molecule has 2 atom stereocenters. The average Bonchev–Trinajstić information content (AvgIpc) is 2.62. The molecule has 1 rings (SSSR count). The van der Waals surface area contributed by atoms with Gasteiger partial charge in [-0.15, -0.1) is 0 Å². The van der Waals surface area contributed by atoms with Gasteiger partial charge in [0.2, 0.25) is 0 Å². The summed E-state index contributed by atoms with van der Waals surface area (Å²) in [5.41, 5.74) is 0. The number of aliphatic hydroxyl groups is 1. The fourth-order valence-electron chi connectivity index (χ4n) is 0.999. The van der Waals surface area contributed by atoms with Crippen LogP contribution in [-0.2, 0) is 0 Å². The minimum absolute atomic E-state index is 0.388. The van der Waals surface area contributed by atoms with Crippen LogP contribution in [0.2, 0.25) is 0 Å². The summed E-state index contributed by atoms with van der Waals surface area (Å²) < 4.78 is 0. The van der Waals surface area contributed by atoms with Crippen LogP contribution in [-0.4, -0.2) is 22.2 Å². The summed E-state index contributed by atoms with van der Waals surface area (Å²) in [7, 11) is 0. The summed E-state index contributed by atoms with van der Waals surface area (Å²) in [5.74, 6) is 0. The molecular formula is C7H14OS. The van der Waals surface area contributed by atoms with Crippen LogP contribution in [0.4, 0.5) is 0 Å². The Balaban J connectivity index is 1.92. The molecule has 1 heterocycles. The van der Waals surface area contributed by atoms with E-state index in [0.29, 0.717) is 11.9 Å². The van der Waals surface area contributed by atoms with Crippen molar-refractivity contribution in [1.29, 1.82) is 0 Å². The number of hydrogen-bond donors (Lipinski definition) is 1. The molecule has 1 saturated heterocycles. The fourth-order valence-corrected chi connectivity index (χ4v) is 1.97. The Morgan fingerprint density at radius 3 is 2.67 bits per heavy atom. The standard InChI is InChI=1S/C7H14OS/c1-2-3-4-6-7(5-8)9-6/h6-8H,2-5H2,1H3/t6-,7-/m1/s1. The van der Waals surface area contributed by atoms with Gasteiger partial charge < -0.3 is 5.11 Å². The SMILES string of the molecule is CCCC[C@H]1S[C@@H]1CO. The van der Waals surface area contributed by atoms with E-state index in [0.717, 1.165) is 5.25 Å². The predicted octanol–water partition coefficient (Wildman–Crippen LogP) is 1.65. The minimum atomic E-state index is 0.388. The first-order chi connectivity index (χ1) is 4.38. The van der Waals surface area contributed by atoms with Gasteiger partial charge in [-0.1, -0.05) is 19.8 Å². The Hall–Kier alpha value is 0.310. The van der Waals surface area contributed by atoms with Crippen LogP contribution in [0.3, 0.4) is 0 Å². The number of hydrogen-bond acceptors (Lipinski definition) is 2. The smallest absolute Gasteiger partial charge is 0.0560 e. The molecule has 0 aromatic carbocycles. The van der Waals surface area contributed by atoms with Crippen LogP contribution in [0.25, 0.3) is 0 Å². The highest BCUT2D eigenvalue weighted by Gasteiger charge is 2.36. The van der Waals surface area contributed by atoms with Gasteiger partial charge in [0, 0.05) is 10.5 Å². The Morgan fingerprint density at radius 2 is 2.22 bits per heavy atom. The molecule has 0 spiro atoms. The van der Waals surface area contributed by atoms with Crippen molar-refractivity contribution in [3.63, 3.8) is 0 Å². The Labute approximate surface area is 60.8 Å². The van der Waals surface area contributed by atoms with Gasteiger partial charge in [0.15, 0.2) is 0 Å². The van der Waals surface area contributed by atoms with Crippen molar-refractivity contribution in [2.24, 2.45) is 0 Å². The zero-order chi connectivity index (χ0) is 6.69. The van der Waals surface area contributed by atoms with Crippen molar-refractivity contribution < 1.29 is 5.11 Å². The van der Waals surface area contributed by atoms with E-state index in [1.807, 2.05) is 11.8 Å². The molecule has 0 amide bonds. The number of thioether (sulfide) groups is 1. The molecule has 0 aromatic rings. The molecule has 2 heteroatoms. The maximum atomic E-state index is 8.65. The Bertz CT molecular complexity index is 85.0. The molecule has 54 valence electrons. The summed E-state index contributed by atoms with van der Waals surface area (Å²) in [5, 5.41) is 10.0. The monoisotopic (exact) mass is 146 g/mol. The number of aliphatic hydroxyl groups excluding tert-OH is 1. The lowest BCUT2D eigenvalue weighted by atomic mass is 10.2. The van der Waals surface area contributed by atoms with Gasteiger partial charge in [0.1, 0.15) is 0 Å². The molecule has 0 aliphatic carbocycles. The van der Waals surface area contributed by atoms with Gasteiger partial charge in [-0.25, -0.2) is 0 Å². The molecule has 0 saturated carbocycles. The average molecular weight is 146 g/mol. The van der Waals surface area contributed by atoms with E-state index in [2.05, 4.69) is 6.92 Å². The van der Waals surface area contributed by atoms with E-state index < -0.39 is 0 Å². The first kappa shape index (κ1) is 7.42. The van der Waals surface area contributed by atoms with E-state index >= 15 is 0 Å². The molecule has 0 aromatic heterocycles. The summed E-state index contributed by atoms with van der Waals surface area (Å²) in [6.07, 6.45) is 3.93. The predicted molar refractivity (Wildman–Crippen MR) is 41.8 cm³/mol. The molecule has 1 N–H and O–H groups in total. The van der Waals surface area contributed by atoms with Crippen LogP contribution in [0.15, 0.2) is 0 Å². The molecule has 0 unspecified atom stereocenters. The molecular weight excluding hydrogens is 132 g/mol. The number of unbranched alkanes of at least 4 members (excludes halogenated alkanes) is 1. The highest BCUT2D eigenvalue weighted by molar-refractivity contribution is 8.07. The highest BCUT2D eigenvalue weighted by Crippen LogP contribution is 2.43. The second kappa shape index (κ2) is 3.47. The maximum absolute atomic E-state index is 8.65. The lowest BCUT2D eigenvalue weighted by Gasteiger charge is -1.91. The molecule has 0 bridgehead atoms. The molecule has 0 radical (unpaired) electrons. The summed E-state index contributed by atoms with van der Waals surface area (Å²) in [6.45, 7) is 2.60. The van der Waals surface area contributed by atoms with Crippen molar-refractivity contribution in [1.82, 2.24) is 0 Å². The maximum Gasteiger partial charge on any atom is 0.0560 e. The lowest BCUT2D eigenvalue weighted by Crippen LogP contribution is -1.98. The van der Waals surface area contributed by atoms with Crippen molar-refractivity contribution in [3.8, 4) is 0 Å². The molecule has 1 fully saturated rings. The zero-order valence-electron chi connectivity index (χ0n) is 5.84. The van der Waals surface area contributed by atoms with Crippen LogP contribution >= 0.6 is 11.8 Å². The zero-order valence-corrected chi connectivity index (χ0v) is 6.66. The van der Waals surface area contributed by atoms with Crippen molar-refractivity contribution in [2.75, 3.05) is 6.61 Å². The number of rotatable bonds is 4. The molecule has 1 nitrogen and oxygen atoms in total. The van der Waals surface area contributed by atoms with Crippen LogP contribution in [0.1, 0.15) is 26.2 Å². The lowest BCUT2D eigenvalue weighted by molar-refractivity contribution is 0.301. The van der Waals surface area contributed by atoms with Gasteiger partial charge in [0.05, 0.1) is 6.61 Å². The van der Waals surface area contributed by atoms with Gasteiger partial charge in [0.25, 0.3) is 0 Å². The summed E-state index contributed by atoms with van der Waals surface area (Å²) >= 11 is 1.93. The Kier molecular flexibility index (Phi) is 2.86. The van der Waals surface area contributed by atoms with Crippen LogP contribution in [0.5, 0.6) is 0 Å². The van der Waals surface area contributed by atoms with Crippen molar-refractivity contribution in [3.05, 3.63) is 0 Å². The molecule has 9 heavy (non-hydrogen) atoms. The molecule has 1 aliphatic heterocycles. The quantitative estimate of drug-likeness (QED) is 0.609. The van der Waals surface area contributed by atoms with Crippen molar-refractivity contribution in [2.45, 2.75) is 36.7 Å². The van der Waals surface area contributed by atoms with E-state index in [4.69, 9.17) is 5.11 Å². The second-order valence-corrected chi connectivity index (χ2v) is 4.02. The van der Waals surface area contributed by atoms with Gasteiger partial charge in [-0.3, -0.25) is 0 Å². The fraction of sp³-hybridized carbons (Fsp3) is 1.00. The largest absolute Gasteiger partial charge is 0.395 e. The van der Waals surface area contributed by atoms with E-state index in [9.17, 15) is 0 Å². The first-order valence-corrected chi connectivity index (χ1v) is 4.59. The third-order valence-electron chi connectivity index (χ3n) is 1.71. The van der Waals surface area contributed by atoms with Crippen molar-refractivity contribution >= 4 is 11.8 Å². The summed E-state index contributed by atoms with van der Waals surface area (Å²) in [6, 6.07) is 0. The van der Waals surface area contributed by atoms with Crippen LogP contribution in [0, 0.1) is 0 Å². The van der Waals surface area contributed by atoms with Crippen LogP contribution < -0.4 is 0 Å². The minimum Gasteiger partial charge on any atom is -0.395 e. The van der Waals surface area contributed by atoms with Gasteiger partial charge in [-0.05, 0) is 6.42 Å².